The number of benzene rings is 6. The van der Waals surface area contributed by atoms with E-state index in [-0.39, 0.29) is 50.3 Å². The molecule has 1 heterocycles. The van der Waals surface area contributed by atoms with Gasteiger partial charge < -0.3 is 25.2 Å². The van der Waals surface area contributed by atoms with Gasteiger partial charge in [-0.1, -0.05) is 133 Å². The molecule has 0 radical (unpaired) electrons. The van der Waals surface area contributed by atoms with Crippen LogP contribution >= 0.6 is 0 Å². The van der Waals surface area contributed by atoms with Gasteiger partial charge in [-0.25, -0.2) is 0 Å². The Labute approximate surface area is 332 Å². The van der Waals surface area contributed by atoms with Crippen molar-refractivity contribution in [2.75, 3.05) is 0 Å². The molecule has 6 aromatic carbocycles. The van der Waals surface area contributed by atoms with E-state index in [2.05, 4.69) is 105 Å². The molecule has 0 spiro atoms. The normalized spacial score (nSPS) is 16.5. The maximum Gasteiger partial charge on any atom is 0.124 e. The van der Waals surface area contributed by atoms with Crippen molar-refractivity contribution in [3.05, 3.63) is 184 Å². The topological polar surface area (TPSA) is 90.2 Å². The third-order valence-corrected chi connectivity index (χ3v) is 12.1. The Morgan fingerprint density at radius 3 is 1.05 bits per heavy atom. The molecule has 5 heteroatoms. The molecular weight excluding hydrogens is 693 g/mol. The van der Waals surface area contributed by atoms with Gasteiger partial charge in [0.15, 0.2) is 0 Å². The van der Waals surface area contributed by atoms with E-state index >= 15 is 0 Å². The Morgan fingerprint density at radius 2 is 0.696 bits per heavy atom. The maximum absolute atomic E-state index is 9.79. The Kier molecular flexibility index (Phi) is 10.5. The summed E-state index contributed by atoms with van der Waals surface area (Å²) < 4.78 is 6.37. The van der Waals surface area contributed by atoms with E-state index in [1.54, 1.807) is 48.5 Å². The van der Waals surface area contributed by atoms with Gasteiger partial charge in [0.2, 0.25) is 0 Å². The fourth-order valence-corrected chi connectivity index (χ4v) is 8.24. The van der Waals surface area contributed by atoms with Gasteiger partial charge in [-0.3, -0.25) is 0 Å². The number of hydrogen-bond acceptors (Lipinski definition) is 5. The van der Waals surface area contributed by atoms with Crippen LogP contribution in [0.5, 0.6) is 28.7 Å². The lowest BCUT2D eigenvalue weighted by molar-refractivity contribution is 0.0582. The SMILES string of the molecule is CC(C)(c1ccc(O)cc1)c1ccc(C(C)(C)c2ccc(O)cc2)cc1.CC1(C)CC(C)(c2ccc(O)cc2)c2cc(C(C)(C)c3ccc(O)cc3)ccc2O1. The first-order chi connectivity index (χ1) is 26.2. The van der Waals surface area contributed by atoms with Gasteiger partial charge in [0.25, 0.3) is 0 Å². The lowest BCUT2D eigenvalue weighted by Gasteiger charge is -2.45. The van der Waals surface area contributed by atoms with Gasteiger partial charge in [0, 0.05) is 33.6 Å². The molecule has 0 aromatic heterocycles. The zero-order valence-electron chi connectivity index (χ0n) is 34.2. The van der Waals surface area contributed by atoms with Crippen LogP contribution in [0.1, 0.15) is 113 Å². The molecule has 0 saturated carbocycles. The number of aromatic hydroxyl groups is 4. The molecule has 0 fully saturated rings. The van der Waals surface area contributed by atoms with E-state index in [9.17, 15) is 20.4 Å². The van der Waals surface area contributed by atoms with Crippen LogP contribution in [-0.4, -0.2) is 26.0 Å². The highest BCUT2D eigenvalue weighted by atomic mass is 16.5. The second-order valence-electron chi connectivity index (χ2n) is 17.7. The second-order valence-corrected chi connectivity index (χ2v) is 17.7. The zero-order valence-corrected chi connectivity index (χ0v) is 34.2. The molecule has 0 aliphatic carbocycles. The molecule has 0 saturated heterocycles. The standard InChI is InChI=1S/C27H30O3.C24H26O2/c1-25(2)17-27(5,19-8-13-22(29)14-9-19)23-16-20(10-15-24(23)30-25)26(3,4)18-6-11-21(28)12-7-18;1-23(2,19-9-13-21(25)14-10-19)17-5-7-18(8-6-17)24(3,4)20-11-15-22(26)16-12-20/h6-16,28-29H,17H2,1-5H3;5-16,25-26H,1-4H3. The summed E-state index contributed by atoms with van der Waals surface area (Å²) in [7, 11) is 0. The van der Waals surface area contributed by atoms with Crippen molar-refractivity contribution in [2.24, 2.45) is 0 Å². The summed E-state index contributed by atoms with van der Waals surface area (Å²) in [4.78, 5) is 0. The van der Waals surface area contributed by atoms with Crippen molar-refractivity contribution >= 4 is 0 Å². The fourth-order valence-electron chi connectivity index (χ4n) is 8.24. The molecule has 4 N–H and O–H groups in total. The summed E-state index contributed by atoms with van der Waals surface area (Å²) >= 11 is 0. The molecule has 1 aliphatic rings. The molecule has 0 bridgehead atoms. The lowest BCUT2D eigenvalue weighted by atomic mass is 9.66. The summed E-state index contributed by atoms with van der Waals surface area (Å²) in [5.41, 5.74) is 8.40. The van der Waals surface area contributed by atoms with Crippen molar-refractivity contribution in [2.45, 2.75) is 96.0 Å². The molecule has 5 nitrogen and oxygen atoms in total. The molecule has 1 aliphatic heterocycles. The Balaban J connectivity index is 0.000000192. The molecular formula is C51H56O5. The largest absolute Gasteiger partial charge is 0.508 e. The number of hydrogen-bond donors (Lipinski definition) is 4. The minimum atomic E-state index is -0.298. The highest BCUT2D eigenvalue weighted by Gasteiger charge is 2.44. The molecule has 290 valence electrons. The van der Waals surface area contributed by atoms with E-state index < -0.39 is 0 Å². The summed E-state index contributed by atoms with van der Waals surface area (Å²) in [6.45, 7) is 19.7. The van der Waals surface area contributed by atoms with Crippen molar-refractivity contribution in [3.8, 4) is 28.7 Å². The van der Waals surface area contributed by atoms with Gasteiger partial charge in [-0.2, -0.15) is 0 Å². The van der Waals surface area contributed by atoms with Crippen LogP contribution in [0.4, 0.5) is 0 Å². The molecule has 7 rings (SSSR count). The quantitative estimate of drug-likeness (QED) is 0.131. The highest BCUT2D eigenvalue weighted by molar-refractivity contribution is 5.54. The van der Waals surface area contributed by atoms with Gasteiger partial charge in [0.1, 0.15) is 34.3 Å². The predicted molar refractivity (Wildman–Crippen MR) is 227 cm³/mol. The average Bonchev–Trinajstić information content (AvgIpc) is 3.15. The fraction of sp³-hybridized carbons (Fsp3) is 0.294. The number of fused-ring (bicyclic) bond motifs is 1. The molecule has 56 heavy (non-hydrogen) atoms. The van der Waals surface area contributed by atoms with Crippen molar-refractivity contribution in [1.29, 1.82) is 0 Å². The highest BCUT2D eigenvalue weighted by Crippen LogP contribution is 2.50. The molecule has 1 atom stereocenters. The number of ether oxygens (including phenoxy) is 1. The predicted octanol–water partition coefficient (Wildman–Crippen LogP) is 12.0. The van der Waals surface area contributed by atoms with Crippen LogP contribution in [0.3, 0.4) is 0 Å². The van der Waals surface area contributed by atoms with Crippen molar-refractivity contribution in [3.63, 3.8) is 0 Å². The molecule has 0 amide bonds. The first-order valence-corrected chi connectivity index (χ1v) is 19.4. The Morgan fingerprint density at radius 1 is 0.411 bits per heavy atom. The first kappa shape index (κ1) is 40.0. The van der Waals surface area contributed by atoms with Crippen LogP contribution in [0.25, 0.3) is 0 Å². The molecule has 1 unspecified atom stereocenters. The molecule has 6 aromatic rings. The van der Waals surface area contributed by atoms with Crippen LogP contribution in [0.2, 0.25) is 0 Å². The minimum Gasteiger partial charge on any atom is -0.508 e. The number of rotatable bonds is 7. The first-order valence-electron chi connectivity index (χ1n) is 19.4. The van der Waals surface area contributed by atoms with E-state index in [0.717, 1.165) is 28.9 Å². The maximum atomic E-state index is 9.79. The van der Waals surface area contributed by atoms with Gasteiger partial charge >= 0.3 is 0 Å². The van der Waals surface area contributed by atoms with E-state index in [1.807, 2.05) is 48.5 Å². The van der Waals surface area contributed by atoms with Crippen LogP contribution in [0.15, 0.2) is 140 Å². The van der Waals surface area contributed by atoms with Crippen LogP contribution < -0.4 is 4.74 Å². The van der Waals surface area contributed by atoms with Crippen molar-refractivity contribution in [1.82, 2.24) is 0 Å². The Hall–Kier alpha value is -5.68. The average molecular weight is 749 g/mol. The van der Waals surface area contributed by atoms with E-state index in [1.165, 1.54) is 27.8 Å². The summed E-state index contributed by atoms with van der Waals surface area (Å²) in [6, 6.07) is 45.1. The van der Waals surface area contributed by atoms with Gasteiger partial charge in [-0.15, -0.1) is 0 Å². The third kappa shape index (κ3) is 8.00. The Bertz CT molecular complexity index is 2190. The minimum absolute atomic E-state index is 0.144. The van der Waals surface area contributed by atoms with Crippen molar-refractivity contribution < 1.29 is 25.2 Å². The summed E-state index contributed by atoms with van der Waals surface area (Å²) in [5, 5.41) is 38.5. The smallest absolute Gasteiger partial charge is 0.124 e. The van der Waals surface area contributed by atoms with E-state index in [4.69, 9.17) is 4.74 Å². The lowest BCUT2D eigenvalue weighted by Crippen LogP contribution is -2.43. The van der Waals surface area contributed by atoms with Crippen LogP contribution in [-0.2, 0) is 21.7 Å². The van der Waals surface area contributed by atoms with Gasteiger partial charge in [-0.05, 0) is 107 Å². The summed E-state index contributed by atoms with van der Waals surface area (Å²) in [6.07, 6.45) is 0.834. The zero-order chi connectivity index (χ0) is 40.7. The monoisotopic (exact) mass is 748 g/mol. The third-order valence-electron chi connectivity index (χ3n) is 12.1. The number of phenols is 4. The number of phenolic OH excluding ortho intramolecular Hbond substituents is 4. The summed E-state index contributed by atoms with van der Waals surface area (Å²) in [5.74, 6) is 2.03. The van der Waals surface area contributed by atoms with Crippen LogP contribution in [0, 0.1) is 0 Å². The second kappa shape index (κ2) is 14.8. The van der Waals surface area contributed by atoms with E-state index in [0.29, 0.717) is 0 Å². The van der Waals surface area contributed by atoms with Gasteiger partial charge in [0.05, 0.1) is 0 Å².